The van der Waals surface area contributed by atoms with E-state index in [1.807, 2.05) is 26.2 Å². The Hall–Kier alpha value is -0.700. The highest BCUT2D eigenvalue weighted by atomic mass is 35.5. The Morgan fingerprint density at radius 1 is 1.46 bits per heavy atom. The van der Waals surface area contributed by atoms with Gasteiger partial charge in [-0.15, -0.1) is 11.6 Å². The van der Waals surface area contributed by atoms with Crippen LogP contribution < -0.4 is 5.69 Å². The maximum Gasteiger partial charge on any atom is 0.328 e. The Morgan fingerprint density at radius 2 is 2.08 bits per heavy atom. The molecule has 13 heavy (non-hydrogen) atoms. The minimum absolute atomic E-state index is 0.0551. The van der Waals surface area contributed by atoms with Crippen molar-refractivity contribution in [3.63, 3.8) is 0 Å². The minimum atomic E-state index is 0.0551. The Bertz CT molecular complexity index is 316. The summed E-state index contributed by atoms with van der Waals surface area (Å²) < 4.78 is 3.39. The van der Waals surface area contributed by atoms with Crippen LogP contribution in [0, 0.1) is 5.92 Å². The summed E-state index contributed by atoms with van der Waals surface area (Å²) in [7, 11) is 0. The van der Waals surface area contributed by atoms with E-state index >= 15 is 0 Å². The van der Waals surface area contributed by atoms with Crippen molar-refractivity contribution in [2.24, 2.45) is 5.92 Å². The highest BCUT2D eigenvalue weighted by Crippen LogP contribution is 2.00. The Balaban J connectivity index is 2.78. The van der Waals surface area contributed by atoms with Crippen LogP contribution in [-0.2, 0) is 13.1 Å². The van der Waals surface area contributed by atoms with Gasteiger partial charge in [0.1, 0.15) is 0 Å². The fourth-order valence-corrected chi connectivity index (χ4v) is 1.32. The lowest BCUT2D eigenvalue weighted by molar-refractivity contribution is 0.507. The topological polar surface area (TPSA) is 26.9 Å². The maximum absolute atomic E-state index is 11.5. The highest BCUT2D eigenvalue weighted by molar-refractivity contribution is 6.18. The molecule has 0 amide bonds. The van der Waals surface area contributed by atoms with Crippen LogP contribution in [0.25, 0.3) is 0 Å². The summed E-state index contributed by atoms with van der Waals surface area (Å²) in [6.07, 6.45) is 3.62. The molecule has 1 aromatic rings. The first-order chi connectivity index (χ1) is 6.19. The van der Waals surface area contributed by atoms with Crippen LogP contribution >= 0.6 is 11.6 Å². The first kappa shape index (κ1) is 10.4. The van der Waals surface area contributed by atoms with Gasteiger partial charge in [0.05, 0.1) is 0 Å². The summed E-state index contributed by atoms with van der Waals surface area (Å²) >= 11 is 5.67. The van der Waals surface area contributed by atoms with Crippen LogP contribution in [0.4, 0.5) is 0 Å². The third-order valence-electron chi connectivity index (χ3n) is 2.03. The molecule has 0 bridgehead atoms. The number of hydrogen-bond acceptors (Lipinski definition) is 1. The van der Waals surface area contributed by atoms with Gasteiger partial charge in [-0.25, -0.2) is 4.79 Å². The summed E-state index contributed by atoms with van der Waals surface area (Å²) in [4.78, 5) is 11.5. The van der Waals surface area contributed by atoms with Crippen molar-refractivity contribution in [1.29, 1.82) is 0 Å². The van der Waals surface area contributed by atoms with E-state index in [0.29, 0.717) is 18.3 Å². The zero-order valence-corrected chi connectivity index (χ0v) is 8.79. The van der Waals surface area contributed by atoms with E-state index in [9.17, 15) is 4.79 Å². The molecule has 1 heterocycles. The average molecular weight is 203 g/mol. The molecule has 0 saturated carbocycles. The van der Waals surface area contributed by atoms with Crippen molar-refractivity contribution in [2.45, 2.75) is 26.9 Å². The second kappa shape index (κ2) is 4.51. The number of rotatable bonds is 4. The molecule has 0 aliphatic rings. The molecule has 1 atom stereocenters. The minimum Gasteiger partial charge on any atom is -0.300 e. The van der Waals surface area contributed by atoms with E-state index in [1.54, 1.807) is 9.13 Å². The van der Waals surface area contributed by atoms with Gasteiger partial charge in [0.25, 0.3) is 0 Å². The molecule has 1 unspecified atom stereocenters. The monoisotopic (exact) mass is 202 g/mol. The van der Waals surface area contributed by atoms with Gasteiger partial charge in [-0.3, -0.25) is 9.13 Å². The fraction of sp³-hybridized carbons (Fsp3) is 0.667. The Labute approximate surface area is 82.9 Å². The quantitative estimate of drug-likeness (QED) is 0.681. The SMILES string of the molecule is CCn1ccn(CC(C)CCl)c1=O. The predicted molar refractivity (Wildman–Crippen MR) is 54.3 cm³/mol. The molecule has 4 heteroatoms. The van der Waals surface area contributed by atoms with Gasteiger partial charge in [0.15, 0.2) is 0 Å². The first-order valence-corrected chi connectivity index (χ1v) is 5.04. The van der Waals surface area contributed by atoms with Gasteiger partial charge < -0.3 is 0 Å². The molecule has 1 aromatic heterocycles. The van der Waals surface area contributed by atoms with Gasteiger partial charge in [-0.1, -0.05) is 6.92 Å². The summed E-state index contributed by atoms with van der Waals surface area (Å²) in [5.41, 5.74) is 0.0551. The lowest BCUT2D eigenvalue weighted by Gasteiger charge is -2.06. The lowest BCUT2D eigenvalue weighted by atomic mass is 10.2. The number of nitrogens with zero attached hydrogens (tertiary/aromatic N) is 2. The number of imidazole rings is 1. The van der Waals surface area contributed by atoms with Crippen molar-refractivity contribution in [2.75, 3.05) is 5.88 Å². The molecule has 1 rings (SSSR count). The zero-order chi connectivity index (χ0) is 9.84. The van der Waals surface area contributed by atoms with Crippen LogP contribution in [0.15, 0.2) is 17.2 Å². The normalized spacial score (nSPS) is 13.2. The van der Waals surface area contributed by atoms with Crippen molar-refractivity contribution in [3.05, 3.63) is 22.9 Å². The van der Waals surface area contributed by atoms with E-state index in [2.05, 4.69) is 0 Å². The molecule has 0 aliphatic carbocycles. The Morgan fingerprint density at radius 3 is 2.54 bits per heavy atom. The third-order valence-corrected chi connectivity index (χ3v) is 2.56. The van der Waals surface area contributed by atoms with E-state index in [0.717, 1.165) is 6.54 Å². The third kappa shape index (κ3) is 2.37. The maximum atomic E-state index is 11.5. The molecular formula is C9H15ClN2O. The number of hydrogen-bond donors (Lipinski definition) is 0. The second-order valence-corrected chi connectivity index (χ2v) is 3.59. The molecule has 0 aliphatic heterocycles. The lowest BCUT2D eigenvalue weighted by Crippen LogP contribution is -2.25. The smallest absolute Gasteiger partial charge is 0.300 e. The highest BCUT2D eigenvalue weighted by Gasteiger charge is 2.05. The molecule has 74 valence electrons. The van der Waals surface area contributed by atoms with Crippen LogP contribution in [0.5, 0.6) is 0 Å². The fourth-order valence-electron chi connectivity index (χ4n) is 1.22. The Kier molecular flexibility index (Phi) is 3.60. The predicted octanol–water partition coefficient (Wildman–Crippen LogP) is 1.54. The van der Waals surface area contributed by atoms with Crippen molar-refractivity contribution < 1.29 is 0 Å². The molecular weight excluding hydrogens is 188 g/mol. The summed E-state index contributed by atoms with van der Waals surface area (Å²) in [6.45, 7) is 5.41. The van der Waals surface area contributed by atoms with Crippen LogP contribution in [-0.4, -0.2) is 15.0 Å². The van der Waals surface area contributed by atoms with Gasteiger partial charge in [0.2, 0.25) is 0 Å². The molecule has 0 saturated heterocycles. The molecule has 0 fully saturated rings. The molecule has 0 N–H and O–H groups in total. The van der Waals surface area contributed by atoms with Gasteiger partial charge >= 0.3 is 5.69 Å². The molecule has 3 nitrogen and oxygen atoms in total. The van der Waals surface area contributed by atoms with Gasteiger partial charge in [-0.2, -0.15) is 0 Å². The van der Waals surface area contributed by atoms with Crippen LogP contribution in [0.3, 0.4) is 0 Å². The van der Waals surface area contributed by atoms with Crippen LogP contribution in [0.2, 0.25) is 0 Å². The standard InChI is InChI=1S/C9H15ClN2O/c1-3-11-4-5-12(9(11)13)7-8(2)6-10/h4-5,8H,3,6-7H2,1-2H3. The molecule has 0 aromatic carbocycles. The number of aromatic nitrogens is 2. The summed E-state index contributed by atoms with van der Waals surface area (Å²) in [5.74, 6) is 0.927. The number of halogens is 1. The summed E-state index contributed by atoms with van der Waals surface area (Å²) in [5, 5.41) is 0. The van der Waals surface area contributed by atoms with E-state index in [1.165, 1.54) is 0 Å². The van der Waals surface area contributed by atoms with Gasteiger partial charge in [0, 0.05) is 31.4 Å². The van der Waals surface area contributed by atoms with Crippen LogP contribution in [0.1, 0.15) is 13.8 Å². The molecule has 0 radical (unpaired) electrons. The summed E-state index contributed by atoms with van der Waals surface area (Å²) in [6, 6.07) is 0. The largest absolute Gasteiger partial charge is 0.328 e. The number of alkyl halides is 1. The van der Waals surface area contributed by atoms with Crippen molar-refractivity contribution >= 4 is 11.6 Å². The first-order valence-electron chi connectivity index (χ1n) is 4.50. The van der Waals surface area contributed by atoms with E-state index < -0.39 is 0 Å². The van der Waals surface area contributed by atoms with Crippen molar-refractivity contribution in [1.82, 2.24) is 9.13 Å². The van der Waals surface area contributed by atoms with E-state index in [4.69, 9.17) is 11.6 Å². The average Bonchev–Trinajstić information content (AvgIpc) is 2.48. The zero-order valence-electron chi connectivity index (χ0n) is 8.03. The van der Waals surface area contributed by atoms with E-state index in [-0.39, 0.29) is 5.69 Å². The van der Waals surface area contributed by atoms with Crippen molar-refractivity contribution in [3.8, 4) is 0 Å². The second-order valence-electron chi connectivity index (χ2n) is 3.28. The molecule has 0 spiro atoms. The van der Waals surface area contributed by atoms with Gasteiger partial charge in [-0.05, 0) is 12.8 Å². The number of aryl methyl sites for hydroxylation is 1.